The number of hydrogen-bond acceptors (Lipinski definition) is 3. The van der Waals surface area contributed by atoms with E-state index in [1.165, 1.54) is 25.7 Å². The van der Waals surface area contributed by atoms with Gasteiger partial charge in [-0.1, -0.05) is 0 Å². The maximum atomic E-state index is 5.48. The SMILES string of the molecule is COc1nc2cccnc2n1C(C1CC1)C1CC1. The van der Waals surface area contributed by atoms with Crippen LogP contribution in [0, 0.1) is 11.8 Å². The van der Waals surface area contributed by atoms with E-state index in [9.17, 15) is 0 Å². The van der Waals surface area contributed by atoms with Crippen LogP contribution in [0.4, 0.5) is 0 Å². The molecule has 0 aromatic carbocycles. The molecule has 2 heterocycles. The molecule has 0 aliphatic heterocycles. The first-order valence-corrected chi connectivity index (χ1v) is 6.75. The second-order valence-electron chi connectivity index (χ2n) is 5.48. The third kappa shape index (κ3) is 1.51. The Hall–Kier alpha value is -1.58. The van der Waals surface area contributed by atoms with Crippen molar-refractivity contribution in [3.05, 3.63) is 18.3 Å². The molecule has 94 valence electrons. The van der Waals surface area contributed by atoms with Crippen molar-refractivity contribution >= 4 is 11.2 Å². The average Bonchev–Trinajstić information content (AvgIpc) is 3.28. The second kappa shape index (κ2) is 3.70. The number of ether oxygens (including phenoxy) is 1. The summed E-state index contributed by atoms with van der Waals surface area (Å²) >= 11 is 0. The van der Waals surface area contributed by atoms with Crippen LogP contribution in [0.3, 0.4) is 0 Å². The summed E-state index contributed by atoms with van der Waals surface area (Å²) in [7, 11) is 1.70. The van der Waals surface area contributed by atoms with Crippen LogP contribution in [0.1, 0.15) is 31.7 Å². The third-order valence-electron chi connectivity index (χ3n) is 4.11. The number of aromatic nitrogens is 3. The highest BCUT2D eigenvalue weighted by atomic mass is 16.5. The van der Waals surface area contributed by atoms with Crippen LogP contribution in [-0.2, 0) is 0 Å². The van der Waals surface area contributed by atoms with Crippen molar-refractivity contribution in [2.24, 2.45) is 11.8 Å². The fourth-order valence-corrected chi connectivity index (χ4v) is 3.00. The Bertz CT molecular complexity index is 572. The van der Waals surface area contributed by atoms with E-state index in [1.54, 1.807) is 7.11 Å². The van der Waals surface area contributed by atoms with Crippen LogP contribution < -0.4 is 4.74 Å². The zero-order valence-corrected chi connectivity index (χ0v) is 10.5. The molecule has 0 N–H and O–H groups in total. The van der Waals surface area contributed by atoms with E-state index in [0.717, 1.165) is 29.0 Å². The van der Waals surface area contributed by atoms with Crippen LogP contribution in [0.15, 0.2) is 18.3 Å². The van der Waals surface area contributed by atoms with Gasteiger partial charge in [-0.3, -0.25) is 4.57 Å². The maximum Gasteiger partial charge on any atom is 0.298 e. The summed E-state index contributed by atoms with van der Waals surface area (Å²) in [6.07, 6.45) is 7.22. The van der Waals surface area contributed by atoms with Crippen LogP contribution in [-0.4, -0.2) is 21.6 Å². The molecule has 0 unspecified atom stereocenters. The lowest BCUT2D eigenvalue weighted by Crippen LogP contribution is -2.15. The van der Waals surface area contributed by atoms with E-state index in [4.69, 9.17) is 4.74 Å². The lowest BCUT2D eigenvalue weighted by Gasteiger charge is -2.19. The van der Waals surface area contributed by atoms with E-state index in [1.807, 2.05) is 18.3 Å². The van der Waals surface area contributed by atoms with Gasteiger partial charge in [-0.05, 0) is 49.7 Å². The molecule has 2 fully saturated rings. The van der Waals surface area contributed by atoms with Crippen LogP contribution in [0.2, 0.25) is 0 Å². The summed E-state index contributed by atoms with van der Waals surface area (Å²) < 4.78 is 7.73. The zero-order chi connectivity index (χ0) is 12.1. The highest BCUT2D eigenvalue weighted by Crippen LogP contribution is 2.53. The van der Waals surface area contributed by atoms with Crippen LogP contribution in [0.5, 0.6) is 6.01 Å². The number of fused-ring (bicyclic) bond motifs is 1. The molecule has 0 amide bonds. The number of nitrogens with zero attached hydrogens (tertiary/aromatic N) is 3. The first-order chi connectivity index (χ1) is 8.88. The highest BCUT2D eigenvalue weighted by molar-refractivity contribution is 5.72. The Morgan fingerprint density at radius 2 is 2.00 bits per heavy atom. The van der Waals surface area contributed by atoms with Gasteiger partial charge in [0.05, 0.1) is 7.11 Å². The molecule has 4 nitrogen and oxygen atoms in total. The van der Waals surface area contributed by atoms with Gasteiger partial charge in [0.15, 0.2) is 5.65 Å². The maximum absolute atomic E-state index is 5.48. The summed E-state index contributed by atoms with van der Waals surface area (Å²) in [6, 6.07) is 5.23. The number of rotatable bonds is 4. The van der Waals surface area contributed by atoms with Crippen molar-refractivity contribution in [1.82, 2.24) is 14.5 Å². The van der Waals surface area contributed by atoms with E-state index < -0.39 is 0 Å². The monoisotopic (exact) mass is 243 g/mol. The number of methoxy groups -OCH3 is 1. The lowest BCUT2D eigenvalue weighted by molar-refractivity contribution is 0.310. The minimum absolute atomic E-state index is 0.555. The van der Waals surface area contributed by atoms with Gasteiger partial charge in [0.2, 0.25) is 0 Å². The summed E-state index contributed by atoms with van der Waals surface area (Å²) in [5.41, 5.74) is 1.93. The average molecular weight is 243 g/mol. The molecule has 0 radical (unpaired) electrons. The molecule has 0 saturated heterocycles. The van der Waals surface area contributed by atoms with Crippen molar-refractivity contribution in [3.63, 3.8) is 0 Å². The van der Waals surface area contributed by atoms with E-state index >= 15 is 0 Å². The van der Waals surface area contributed by atoms with Gasteiger partial charge < -0.3 is 4.74 Å². The number of pyridine rings is 1. The predicted octanol–water partition coefficient (Wildman–Crippen LogP) is 2.80. The molecule has 0 bridgehead atoms. The molecule has 2 aromatic rings. The first-order valence-electron chi connectivity index (χ1n) is 6.75. The fraction of sp³-hybridized carbons (Fsp3) is 0.571. The Morgan fingerprint density at radius 3 is 2.61 bits per heavy atom. The smallest absolute Gasteiger partial charge is 0.298 e. The zero-order valence-electron chi connectivity index (χ0n) is 10.5. The van der Waals surface area contributed by atoms with Crippen LogP contribution >= 0.6 is 0 Å². The first kappa shape index (κ1) is 10.4. The van der Waals surface area contributed by atoms with Crippen LogP contribution in [0.25, 0.3) is 11.2 Å². The minimum atomic E-state index is 0.555. The summed E-state index contributed by atoms with van der Waals surface area (Å²) in [6.45, 7) is 0. The molecule has 2 aromatic heterocycles. The van der Waals surface area contributed by atoms with Gasteiger partial charge in [-0.25, -0.2) is 4.98 Å². The van der Waals surface area contributed by atoms with Gasteiger partial charge in [-0.15, -0.1) is 0 Å². The Labute approximate surface area is 106 Å². The molecule has 0 atom stereocenters. The Morgan fingerprint density at radius 1 is 1.28 bits per heavy atom. The summed E-state index contributed by atoms with van der Waals surface area (Å²) in [5.74, 6) is 1.62. The van der Waals surface area contributed by atoms with Crippen molar-refractivity contribution in [1.29, 1.82) is 0 Å². The topological polar surface area (TPSA) is 39.9 Å². The number of imidazole rings is 1. The minimum Gasteiger partial charge on any atom is -0.468 e. The van der Waals surface area contributed by atoms with E-state index in [2.05, 4.69) is 14.5 Å². The quantitative estimate of drug-likeness (QED) is 0.829. The molecule has 2 aliphatic carbocycles. The standard InChI is InChI=1S/C14H17N3O/c1-18-14-16-11-3-2-8-15-13(11)17(14)12(9-4-5-9)10-6-7-10/h2-3,8-10,12H,4-7H2,1H3. The predicted molar refractivity (Wildman–Crippen MR) is 68.6 cm³/mol. The lowest BCUT2D eigenvalue weighted by atomic mass is 10.1. The second-order valence-corrected chi connectivity index (χ2v) is 5.48. The fourth-order valence-electron chi connectivity index (χ4n) is 3.00. The molecule has 0 spiro atoms. The molecular formula is C14H17N3O. The summed E-state index contributed by atoms with van der Waals surface area (Å²) in [4.78, 5) is 9.06. The van der Waals surface area contributed by atoms with Crippen molar-refractivity contribution in [2.75, 3.05) is 7.11 Å². The summed E-state index contributed by atoms with van der Waals surface area (Å²) in [5, 5.41) is 0. The molecule has 2 saturated carbocycles. The van der Waals surface area contributed by atoms with Gasteiger partial charge in [-0.2, -0.15) is 4.98 Å². The molecular weight excluding hydrogens is 226 g/mol. The van der Waals surface area contributed by atoms with Crippen molar-refractivity contribution < 1.29 is 4.74 Å². The van der Waals surface area contributed by atoms with E-state index in [-0.39, 0.29) is 0 Å². The van der Waals surface area contributed by atoms with Crippen molar-refractivity contribution in [2.45, 2.75) is 31.7 Å². The normalized spacial score (nSPS) is 19.7. The van der Waals surface area contributed by atoms with Gasteiger partial charge >= 0.3 is 0 Å². The molecule has 4 heteroatoms. The largest absolute Gasteiger partial charge is 0.468 e. The Kier molecular flexibility index (Phi) is 2.13. The van der Waals surface area contributed by atoms with Gasteiger partial charge in [0.1, 0.15) is 5.52 Å². The van der Waals surface area contributed by atoms with Gasteiger partial charge in [0.25, 0.3) is 6.01 Å². The third-order valence-corrected chi connectivity index (χ3v) is 4.11. The molecule has 2 aliphatic rings. The number of hydrogen-bond donors (Lipinski definition) is 0. The van der Waals surface area contributed by atoms with E-state index in [0.29, 0.717) is 6.04 Å². The Balaban J connectivity index is 1.90. The molecule has 18 heavy (non-hydrogen) atoms. The van der Waals surface area contributed by atoms with Crippen molar-refractivity contribution in [3.8, 4) is 6.01 Å². The highest BCUT2D eigenvalue weighted by Gasteiger charge is 2.44. The van der Waals surface area contributed by atoms with Gasteiger partial charge in [0, 0.05) is 12.2 Å². The molecule has 4 rings (SSSR count).